The molecule has 0 amide bonds. The number of carboxylic acids is 1. The molecule has 0 saturated heterocycles. The van der Waals surface area contributed by atoms with E-state index in [1.54, 1.807) is 6.07 Å². The average Bonchev–Trinajstić information content (AvgIpc) is 2.19. The van der Waals surface area contributed by atoms with Crippen LogP contribution in [0.4, 0.5) is 0 Å². The van der Waals surface area contributed by atoms with Gasteiger partial charge in [-0.2, -0.15) is 0 Å². The highest BCUT2D eigenvalue weighted by atomic mass is 16.4. The number of aliphatic hydroxyl groups is 1. The van der Waals surface area contributed by atoms with E-state index in [2.05, 4.69) is 0 Å². The highest BCUT2D eigenvalue weighted by Gasteiger charge is 2.41. The van der Waals surface area contributed by atoms with Crippen LogP contribution >= 0.6 is 0 Å². The van der Waals surface area contributed by atoms with Gasteiger partial charge < -0.3 is 10.2 Å². The minimum Gasteiger partial charge on any atom is -0.479 e. The molecule has 0 spiro atoms. The average molecular weight is 206 g/mol. The van der Waals surface area contributed by atoms with Gasteiger partial charge in [0.1, 0.15) is 0 Å². The van der Waals surface area contributed by atoms with Gasteiger partial charge in [-0.25, -0.2) is 4.79 Å². The Balaban J connectivity index is 2.59. The molecule has 0 radical (unpaired) electrons. The number of hydrogen-bond acceptors (Lipinski definition) is 2. The molecular weight excluding hydrogens is 192 g/mol. The van der Waals surface area contributed by atoms with E-state index in [1.807, 2.05) is 19.1 Å². The van der Waals surface area contributed by atoms with E-state index in [-0.39, 0.29) is 0 Å². The van der Waals surface area contributed by atoms with E-state index >= 15 is 0 Å². The van der Waals surface area contributed by atoms with Crippen molar-refractivity contribution in [2.75, 3.05) is 0 Å². The van der Waals surface area contributed by atoms with Crippen LogP contribution in [-0.2, 0) is 16.8 Å². The molecule has 1 aliphatic rings. The number of fused-ring (bicyclic) bond motifs is 1. The number of hydrogen-bond donors (Lipinski definition) is 2. The monoisotopic (exact) mass is 206 g/mol. The maximum atomic E-state index is 11.1. The SMILES string of the molecule is Cc1ccc2c(c1)C(O)(C(=O)O)CCC2. The number of rotatable bonds is 1. The van der Waals surface area contributed by atoms with Crippen molar-refractivity contribution < 1.29 is 15.0 Å². The van der Waals surface area contributed by atoms with E-state index in [1.165, 1.54) is 0 Å². The van der Waals surface area contributed by atoms with Crippen LogP contribution < -0.4 is 0 Å². The van der Waals surface area contributed by atoms with Gasteiger partial charge in [0.15, 0.2) is 5.60 Å². The molecule has 0 aromatic heterocycles. The van der Waals surface area contributed by atoms with Crippen molar-refractivity contribution in [3.63, 3.8) is 0 Å². The van der Waals surface area contributed by atoms with Gasteiger partial charge >= 0.3 is 5.97 Å². The third kappa shape index (κ3) is 1.53. The fraction of sp³-hybridized carbons (Fsp3) is 0.417. The number of aryl methyl sites for hydroxylation is 2. The molecule has 0 fully saturated rings. The summed E-state index contributed by atoms with van der Waals surface area (Å²) in [6.07, 6.45) is 1.88. The van der Waals surface area contributed by atoms with Gasteiger partial charge in [0.05, 0.1) is 0 Å². The maximum Gasteiger partial charge on any atom is 0.340 e. The summed E-state index contributed by atoms with van der Waals surface area (Å²) in [6.45, 7) is 1.90. The number of carboxylic acid groups (broad SMARTS) is 1. The van der Waals surface area contributed by atoms with Crippen molar-refractivity contribution in [1.29, 1.82) is 0 Å². The van der Waals surface area contributed by atoms with Crippen molar-refractivity contribution in [2.24, 2.45) is 0 Å². The van der Waals surface area contributed by atoms with E-state index in [0.717, 1.165) is 24.0 Å². The highest BCUT2D eigenvalue weighted by Crippen LogP contribution is 2.35. The summed E-state index contributed by atoms with van der Waals surface area (Å²) in [4.78, 5) is 11.1. The molecule has 3 nitrogen and oxygen atoms in total. The molecule has 80 valence electrons. The van der Waals surface area contributed by atoms with Crippen LogP contribution in [0.2, 0.25) is 0 Å². The molecule has 1 aromatic rings. The highest BCUT2D eigenvalue weighted by molar-refractivity contribution is 5.80. The maximum absolute atomic E-state index is 11.1. The summed E-state index contributed by atoms with van der Waals surface area (Å²) in [5, 5.41) is 19.2. The zero-order chi connectivity index (χ0) is 11.1. The van der Waals surface area contributed by atoms with Crippen molar-refractivity contribution in [3.05, 3.63) is 34.9 Å². The predicted molar refractivity (Wildman–Crippen MR) is 55.6 cm³/mol. The van der Waals surface area contributed by atoms with Gasteiger partial charge in [0.25, 0.3) is 0 Å². The molecule has 0 heterocycles. The predicted octanol–water partition coefficient (Wildman–Crippen LogP) is 1.60. The molecule has 1 atom stereocenters. The number of carbonyl (C=O) groups is 1. The molecule has 0 bridgehead atoms. The Morgan fingerprint density at radius 3 is 2.87 bits per heavy atom. The molecule has 3 heteroatoms. The Morgan fingerprint density at radius 1 is 1.47 bits per heavy atom. The fourth-order valence-corrected chi connectivity index (χ4v) is 2.18. The topological polar surface area (TPSA) is 57.5 Å². The van der Waals surface area contributed by atoms with E-state index in [4.69, 9.17) is 5.11 Å². The second-order valence-corrected chi connectivity index (χ2v) is 4.18. The van der Waals surface area contributed by atoms with E-state index < -0.39 is 11.6 Å². The first-order valence-electron chi connectivity index (χ1n) is 5.10. The van der Waals surface area contributed by atoms with Gasteiger partial charge in [-0.3, -0.25) is 0 Å². The van der Waals surface area contributed by atoms with Crippen LogP contribution in [-0.4, -0.2) is 16.2 Å². The summed E-state index contributed by atoms with van der Waals surface area (Å²) in [5.74, 6) is -1.14. The van der Waals surface area contributed by atoms with E-state index in [9.17, 15) is 9.90 Å². The smallest absolute Gasteiger partial charge is 0.340 e. The van der Waals surface area contributed by atoms with Crippen molar-refractivity contribution in [3.8, 4) is 0 Å². The van der Waals surface area contributed by atoms with Crippen molar-refractivity contribution in [2.45, 2.75) is 31.8 Å². The van der Waals surface area contributed by atoms with Crippen LogP contribution in [0.1, 0.15) is 29.5 Å². The lowest BCUT2D eigenvalue weighted by atomic mass is 9.78. The Kier molecular flexibility index (Phi) is 2.27. The Bertz CT molecular complexity index is 411. The van der Waals surface area contributed by atoms with Gasteiger partial charge in [-0.15, -0.1) is 0 Å². The Hall–Kier alpha value is -1.35. The zero-order valence-corrected chi connectivity index (χ0v) is 8.66. The number of aliphatic carboxylic acids is 1. The first-order valence-corrected chi connectivity index (χ1v) is 5.10. The second-order valence-electron chi connectivity index (χ2n) is 4.18. The minimum absolute atomic E-state index is 0.304. The van der Waals surface area contributed by atoms with Crippen LogP contribution in [0.25, 0.3) is 0 Å². The molecular formula is C12H14O3. The van der Waals surface area contributed by atoms with Gasteiger partial charge in [0.2, 0.25) is 0 Å². The second kappa shape index (κ2) is 3.35. The third-order valence-electron chi connectivity index (χ3n) is 3.05. The molecule has 0 aliphatic heterocycles. The zero-order valence-electron chi connectivity index (χ0n) is 8.66. The summed E-state index contributed by atoms with van der Waals surface area (Å²) in [5.41, 5.74) is 0.827. The van der Waals surface area contributed by atoms with Crippen molar-refractivity contribution in [1.82, 2.24) is 0 Å². The number of benzene rings is 1. The van der Waals surface area contributed by atoms with Crippen LogP contribution in [0.5, 0.6) is 0 Å². The molecule has 2 rings (SSSR count). The Labute approximate surface area is 88.4 Å². The van der Waals surface area contributed by atoms with Crippen LogP contribution in [0.15, 0.2) is 18.2 Å². The lowest BCUT2D eigenvalue weighted by Crippen LogP contribution is -2.38. The van der Waals surface area contributed by atoms with Gasteiger partial charge in [-0.1, -0.05) is 23.8 Å². The molecule has 1 unspecified atom stereocenters. The van der Waals surface area contributed by atoms with E-state index in [0.29, 0.717) is 12.0 Å². The fourth-order valence-electron chi connectivity index (χ4n) is 2.18. The summed E-state index contributed by atoms with van der Waals surface area (Å²) in [7, 11) is 0. The first kappa shape index (κ1) is 10.2. The minimum atomic E-state index is -1.68. The molecule has 1 aromatic carbocycles. The van der Waals surface area contributed by atoms with Crippen LogP contribution in [0, 0.1) is 6.92 Å². The van der Waals surface area contributed by atoms with Crippen LogP contribution in [0.3, 0.4) is 0 Å². The molecule has 2 N–H and O–H groups in total. The third-order valence-corrected chi connectivity index (χ3v) is 3.05. The lowest BCUT2D eigenvalue weighted by Gasteiger charge is -2.30. The lowest BCUT2D eigenvalue weighted by molar-refractivity contribution is -0.161. The van der Waals surface area contributed by atoms with Gasteiger partial charge in [0, 0.05) is 0 Å². The molecule has 15 heavy (non-hydrogen) atoms. The summed E-state index contributed by atoms with van der Waals surface area (Å²) < 4.78 is 0. The standard InChI is InChI=1S/C12H14O3/c1-8-4-5-9-3-2-6-12(15,11(13)14)10(9)7-8/h4-5,7,15H,2-3,6H2,1H3,(H,13,14). The van der Waals surface area contributed by atoms with Crippen molar-refractivity contribution >= 4 is 5.97 Å². The largest absolute Gasteiger partial charge is 0.479 e. The molecule has 0 saturated carbocycles. The normalized spacial score (nSPS) is 24.7. The van der Waals surface area contributed by atoms with Gasteiger partial charge in [-0.05, 0) is 37.3 Å². The quantitative estimate of drug-likeness (QED) is 0.733. The Morgan fingerprint density at radius 2 is 2.20 bits per heavy atom. The molecule has 1 aliphatic carbocycles. The summed E-state index contributed by atoms with van der Waals surface area (Å²) in [6, 6.07) is 5.65. The summed E-state index contributed by atoms with van der Waals surface area (Å²) >= 11 is 0. The first-order chi connectivity index (χ1) is 7.04.